The van der Waals surface area contributed by atoms with Crippen molar-refractivity contribution in [3.8, 4) is 0 Å². The molecule has 0 spiro atoms. The van der Waals surface area contributed by atoms with Crippen molar-refractivity contribution in [1.29, 1.82) is 0 Å². The molecule has 0 fully saturated rings. The fraction of sp³-hybridized carbons (Fsp3) is 0.357. The molecule has 0 aliphatic heterocycles. The number of amides is 2. The summed E-state index contributed by atoms with van der Waals surface area (Å²) in [4.78, 5) is 23.9. The molecule has 0 unspecified atom stereocenters. The van der Waals surface area contributed by atoms with Crippen LogP contribution < -0.4 is 10.6 Å². The Morgan fingerprint density at radius 3 is 2.57 bits per heavy atom. The molecule has 0 bridgehead atoms. The molecule has 112 valence electrons. The lowest BCUT2D eigenvalue weighted by molar-refractivity contribution is 0.0913. The number of nitrogens with zero attached hydrogens (tertiary/aromatic N) is 2. The van der Waals surface area contributed by atoms with E-state index in [1.54, 1.807) is 19.2 Å². The predicted octanol–water partition coefficient (Wildman–Crippen LogP) is 1.79. The largest absolute Gasteiger partial charge is 0.459 e. The third kappa shape index (κ3) is 3.71. The van der Waals surface area contributed by atoms with Gasteiger partial charge < -0.3 is 15.1 Å². The van der Waals surface area contributed by atoms with Gasteiger partial charge in [0, 0.05) is 18.7 Å². The smallest absolute Gasteiger partial charge is 0.292 e. The van der Waals surface area contributed by atoms with Crippen molar-refractivity contribution in [1.82, 2.24) is 15.1 Å². The fourth-order valence-electron chi connectivity index (χ4n) is 1.69. The van der Waals surface area contributed by atoms with Gasteiger partial charge in [-0.15, -0.1) is 0 Å². The summed E-state index contributed by atoms with van der Waals surface area (Å²) < 4.78 is 6.44. The molecule has 0 aliphatic carbocycles. The van der Waals surface area contributed by atoms with E-state index >= 15 is 0 Å². The summed E-state index contributed by atoms with van der Waals surface area (Å²) in [6.07, 6.45) is 1.42. The molecule has 2 aromatic rings. The van der Waals surface area contributed by atoms with Crippen LogP contribution in [0.4, 0.5) is 5.82 Å². The third-order valence-corrected chi connectivity index (χ3v) is 2.59. The zero-order valence-corrected chi connectivity index (χ0v) is 12.4. The first-order chi connectivity index (χ1) is 9.76. The lowest BCUT2D eigenvalue weighted by Gasteiger charge is -2.19. The molecule has 0 radical (unpaired) electrons. The second-order valence-corrected chi connectivity index (χ2v) is 5.67. The monoisotopic (exact) mass is 290 g/mol. The van der Waals surface area contributed by atoms with Crippen molar-refractivity contribution in [3.63, 3.8) is 0 Å². The summed E-state index contributed by atoms with van der Waals surface area (Å²) in [5.41, 5.74) is -0.117. The highest BCUT2D eigenvalue weighted by Gasteiger charge is 2.20. The van der Waals surface area contributed by atoms with E-state index in [0.717, 1.165) is 0 Å². The third-order valence-electron chi connectivity index (χ3n) is 2.59. The van der Waals surface area contributed by atoms with E-state index in [9.17, 15) is 9.59 Å². The van der Waals surface area contributed by atoms with Gasteiger partial charge in [-0.1, -0.05) is 0 Å². The van der Waals surface area contributed by atoms with Crippen LogP contribution in [0.2, 0.25) is 0 Å². The van der Waals surface area contributed by atoms with Crippen LogP contribution in [-0.2, 0) is 7.05 Å². The van der Waals surface area contributed by atoms with Crippen LogP contribution in [0.25, 0.3) is 0 Å². The Hall–Kier alpha value is -2.57. The quantitative estimate of drug-likeness (QED) is 0.902. The molecule has 7 nitrogen and oxygen atoms in total. The molecule has 2 heterocycles. The molecular weight excluding hydrogens is 272 g/mol. The first kappa shape index (κ1) is 14.8. The molecular formula is C14H18N4O3. The summed E-state index contributed by atoms with van der Waals surface area (Å²) in [7, 11) is 1.64. The summed E-state index contributed by atoms with van der Waals surface area (Å²) >= 11 is 0. The Labute approximate surface area is 122 Å². The molecule has 2 aromatic heterocycles. The number of furan rings is 1. The van der Waals surface area contributed by atoms with Crippen molar-refractivity contribution in [2.45, 2.75) is 26.3 Å². The minimum absolute atomic E-state index is 0.192. The van der Waals surface area contributed by atoms with Crippen LogP contribution >= 0.6 is 0 Å². The highest BCUT2D eigenvalue weighted by Crippen LogP contribution is 2.12. The van der Waals surface area contributed by atoms with E-state index in [0.29, 0.717) is 5.82 Å². The Morgan fingerprint density at radius 1 is 1.29 bits per heavy atom. The van der Waals surface area contributed by atoms with Crippen LogP contribution in [0.15, 0.2) is 28.9 Å². The van der Waals surface area contributed by atoms with Gasteiger partial charge in [0.15, 0.2) is 11.5 Å². The number of carbonyl (C=O) groups excluding carboxylic acids is 2. The zero-order valence-electron chi connectivity index (χ0n) is 12.4. The number of rotatable bonds is 3. The number of nitrogens with one attached hydrogen (secondary N) is 2. The number of hydrogen-bond donors (Lipinski definition) is 2. The van der Waals surface area contributed by atoms with Crippen molar-refractivity contribution in [3.05, 3.63) is 35.9 Å². The van der Waals surface area contributed by atoms with E-state index in [1.165, 1.54) is 17.0 Å². The molecule has 2 amide bonds. The maximum absolute atomic E-state index is 12.0. The van der Waals surface area contributed by atoms with Crippen LogP contribution in [-0.4, -0.2) is 27.1 Å². The highest BCUT2D eigenvalue weighted by atomic mass is 16.3. The van der Waals surface area contributed by atoms with E-state index in [1.807, 2.05) is 20.8 Å². The Balaban J connectivity index is 2.12. The standard InChI is InChI=1S/C14H18N4O3/c1-14(2,3)16-12(19)9-8-11(18(4)17-9)15-13(20)10-6-5-7-21-10/h5-8H,1-4H3,(H,15,20)(H,16,19). The second-order valence-electron chi connectivity index (χ2n) is 5.67. The van der Waals surface area contributed by atoms with Gasteiger partial charge in [0.25, 0.3) is 11.8 Å². The molecule has 0 aliphatic rings. The van der Waals surface area contributed by atoms with Gasteiger partial charge in [0.05, 0.1) is 6.26 Å². The fourth-order valence-corrected chi connectivity index (χ4v) is 1.69. The average Bonchev–Trinajstić information content (AvgIpc) is 2.97. The summed E-state index contributed by atoms with van der Waals surface area (Å²) in [6.45, 7) is 5.65. The van der Waals surface area contributed by atoms with Gasteiger partial charge in [-0.3, -0.25) is 14.3 Å². The first-order valence-corrected chi connectivity index (χ1v) is 6.48. The number of aromatic nitrogens is 2. The van der Waals surface area contributed by atoms with Gasteiger partial charge in [0.1, 0.15) is 5.82 Å². The zero-order chi connectivity index (χ0) is 15.6. The summed E-state index contributed by atoms with van der Waals surface area (Å²) in [5.74, 6) is -0.0882. The highest BCUT2D eigenvalue weighted by molar-refractivity contribution is 6.02. The van der Waals surface area contributed by atoms with Crippen LogP contribution in [0.3, 0.4) is 0 Å². The normalized spacial score (nSPS) is 11.2. The van der Waals surface area contributed by atoms with E-state index < -0.39 is 5.91 Å². The second kappa shape index (κ2) is 5.43. The Kier molecular flexibility index (Phi) is 3.84. The molecule has 2 N–H and O–H groups in total. The Bertz CT molecular complexity index is 650. The van der Waals surface area contributed by atoms with Crippen molar-refractivity contribution < 1.29 is 14.0 Å². The van der Waals surface area contributed by atoms with E-state index in [4.69, 9.17) is 4.42 Å². The predicted molar refractivity (Wildman–Crippen MR) is 77.1 cm³/mol. The van der Waals surface area contributed by atoms with Gasteiger partial charge in [-0.25, -0.2) is 0 Å². The van der Waals surface area contributed by atoms with Gasteiger partial charge in [-0.05, 0) is 32.9 Å². The maximum Gasteiger partial charge on any atom is 0.292 e. The van der Waals surface area contributed by atoms with Gasteiger partial charge >= 0.3 is 0 Å². The molecule has 0 saturated carbocycles. The maximum atomic E-state index is 12.0. The van der Waals surface area contributed by atoms with E-state index in [2.05, 4.69) is 15.7 Å². The lowest BCUT2D eigenvalue weighted by Crippen LogP contribution is -2.40. The Morgan fingerprint density at radius 2 is 2.00 bits per heavy atom. The minimum atomic E-state index is -0.397. The van der Waals surface area contributed by atoms with Crippen LogP contribution in [0, 0.1) is 0 Å². The van der Waals surface area contributed by atoms with Crippen LogP contribution in [0.5, 0.6) is 0 Å². The van der Waals surface area contributed by atoms with E-state index in [-0.39, 0.29) is 22.9 Å². The van der Waals surface area contributed by atoms with Crippen LogP contribution in [0.1, 0.15) is 41.8 Å². The minimum Gasteiger partial charge on any atom is -0.459 e. The summed E-state index contributed by atoms with van der Waals surface area (Å²) in [5, 5.41) is 9.54. The SMILES string of the molecule is Cn1nc(C(=O)NC(C)(C)C)cc1NC(=O)c1ccco1. The topological polar surface area (TPSA) is 89.2 Å². The number of aryl methyl sites for hydroxylation is 1. The average molecular weight is 290 g/mol. The van der Waals surface area contributed by atoms with Gasteiger partial charge in [0.2, 0.25) is 0 Å². The molecule has 7 heteroatoms. The van der Waals surface area contributed by atoms with Crippen molar-refractivity contribution >= 4 is 17.6 Å². The molecule has 0 atom stereocenters. The molecule has 0 aromatic carbocycles. The number of hydrogen-bond acceptors (Lipinski definition) is 4. The van der Waals surface area contributed by atoms with Crippen molar-refractivity contribution in [2.75, 3.05) is 5.32 Å². The van der Waals surface area contributed by atoms with Crippen molar-refractivity contribution in [2.24, 2.45) is 7.05 Å². The molecule has 2 rings (SSSR count). The summed E-state index contributed by atoms with van der Waals surface area (Å²) in [6, 6.07) is 4.70. The lowest BCUT2D eigenvalue weighted by atomic mass is 10.1. The number of anilines is 1. The van der Waals surface area contributed by atoms with Gasteiger partial charge in [-0.2, -0.15) is 5.10 Å². The molecule has 21 heavy (non-hydrogen) atoms. The first-order valence-electron chi connectivity index (χ1n) is 6.48. The number of carbonyl (C=O) groups is 2. The molecule has 0 saturated heterocycles.